The molecular formula is C10H10N6O. The quantitative estimate of drug-likeness (QED) is 0.584. The number of hydrogen-bond acceptors (Lipinski definition) is 6. The third kappa shape index (κ3) is 2.94. The Kier molecular flexibility index (Phi) is 3.20. The maximum Gasteiger partial charge on any atom is 0.274 e. The van der Waals surface area contributed by atoms with Gasteiger partial charge >= 0.3 is 0 Å². The molecule has 0 bridgehead atoms. The van der Waals surface area contributed by atoms with Crippen LogP contribution in [0, 0.1) is 6.92 Å². The molecule has 2 rings (SSSR count). The van der Waals surface area contributed by atoms with Crippen LogP contribution < -0.4 is 11.0 Å². The Bertz CT molecular complexity index is 577. The van der Waals surface area contributed by atoms with Crippen molar-refractivity contribution in [3.63, 3.8) is 0 Å². The highest BCUT2D eigenvalue weighted by Gasteiger charge is 1.97. The van der Waals surface area contributed by atoms with Crippen molar-refractivity contribution in [1.29, 1.82) is 0 Å². The lowest BCUT2D eigenvalue weighted by Crippen LogP contribution is -2.15. The summed E-state index contributed by atoms with van der Waals surface area (Å²) in [6, 6.07) is 3.60. The lowest BCUT2D eigenvalue weighted by molar-refractivity contribution is 0.897. The van der Waals surface area contributed by atoms with Gasteiger partial charge in [-0.3, -0.25) is 14.8 Å². The number of nitrogens with one attached hydrogen (secondary N) is 2. The smallest absolute Gasteiger partial charge is 0.274 e. The number of anilines is 1. The number of aromatic amines is 1. The molecule has 0 aliphatic rings. The number of aryl methyl sites for hydroxylation is 1. The SMILES string of the molecule is Cc1nnc(NN=Cc2ccncc2)[nH]c1=O. The molecule has 17 heavy (non-hydrogen) atoms. The van der Waals surface area contributed by atoms with E-state index in [1.165, 1.54) is 0 Å². The summed E-state index contributed by atoms with van der Waals surface area (Å²) in [4.78, 5) is 17.6. The van der Waals surface area contributed by atoms with Crippen molar-refractivity contribution in [3.8, 4) is 0 Å². The summed E-state index contributed by atoms with van der Waals surface area (Å²) in [7, 11) is 0. The molecule has 2 heterocycles. The van der Waals surface area contributed by atoms with Crippen LogP contribution in [0.1, 0.15) is 11.3 Å². The molecule has 0 aliphatic heterocycles. The van der Waals surface area contributed by atoms with Gasteiger partial charge in [-0.15, -0.1) is 10.2 Å². The molecular weight excluding hydrogens is 220 g/mol. The highest BCUT2D eigenvalue weighted by Crippen LogP contribution is 1.93. The lowest BCUT2D eigenvalue weighted by atomic mass is 10.3. The van der Waals surface area contributed by atoms with Crippen molar-refractivity contribution >= 4 is 12.2 Å². The average molecular weight is 230 g/mol. The van der Waals surface area contributed by atoms with Crippen molar-refractivity contribution in [1.82, 2.24) is 20.2 Å². The third-order valence-corrected chi connectivity index (χ3v) is 1.95. The van der Waals surface area contributed by atoms with Gasteiger partial charge in [0.15, 0.2) is 0 Å². The van der Waals surface area contributed by atoms with Gasteiger partial charge in [-0.1, -0.05) is 0 Å². The van der Waals surface area contributed by atoms with Crippen LogP contribution >= 0.6 is 0 Å². The normalized spacial score (nSPS) is 10.6. The summed E-state index contributed by atoms with van der Waals surface area (Å²) < 4.78 is 0. The van der Waals surface area contributed by atoms with E-state index in [0.717, 1.165) is 5.56 Å². The van der Waals surface area contributed by atoms with Crippen molar-refractivity contribution < 1.29 is 0 Å². The molecule has 2 aromatic rings. The van der Waals surface area contributed by atoms with Gasteiger partial charge in [-0.2, -0.15) is 5.10 Å². The topological polar surface area (TPSA) is 95.9 Å². The molecule has 7 heteroatoms. The molecule has 0 aromatic carbocycles. The first-order valence-electron chi connectivity index (χ1n) is 4.88. The van der Waals surface area contributed by atoms with Gasteiger partial charge in [-0.05, 0) is 24.6 Å². The molecule has 86 valence electrons. The van der Waals surface area contributed by atoms with Crippen LogP contribution in [0.25, 0.3) is 0 Å². The van der Waals surface area contributed by atoms with Crippen molar-refractivity contribution in [2.45, 2.75) is 6.92 Å². The van der Waals surface area contributed by atoms with E-state index in [9.17, 15) is 4.79 Å². The molecule has 7 nitrogen and oxygen atoms in total. The first-order valence-corrected chi connectivity index (χ1v) is 4.88. The predicted octanol–water partition coefficient (Wildman–Crippen LogP) is 0.314. The van der Waals surface area contributed by atoms with Crippen LogP contribution in [0.4, 0.5) is 5.95 Å². The highest BCUT2D eigenvalue weighted by molar-refractivity contribution is 5.79. The minimum Gasteiger partial charge on any atom is -0.288 e. The molecule has 0 spiro atoms. The summed E-state index contributed by atoms with van der Waals surface area (Å²) in [6.45, 7) is 1.58. The van der Waals surface area contributed by atoms with E-state index in [0.29, 0.717) is 5.69 Å². The molecule has 0 unspecified atom stereocenters. The Balaban J connectivity index is 2.05. The van der Waals surface area contributed by atoms with Crippen LogP contribution in [-0.2, 0) is 0 Å². The van der Waals surface area contributed by atoms with E-state index >= 15 is 0 Å². The van der Waals surface area contributed by atoms with E-state index in [-0.39, 0.29) is 11.5 Å². The summed E-state index contributed by atoms with van der Waals surface area (Å²) >= 11 is 0. The highest BCUT2D eigenvalue weighted by atomic mass is 16.1. The fourth-order valence-electron chi connectivity index (χ4n) is 1.06. The van der Waals surface area contributed by atoms with Gasteiger partial charge in [0.1, 0.15) is 5.69 Å². The molecule has 2 aromatic heterocycles. The van der Waals surface area contributed by atoms with E-state index in [1.54, 1.807) is 37.7 Å². The van der Waals surface area contributed by atoms with Gasteiger partial charge in [0, 0.05) is 12.4 Å². The summed E-state index contributed by atoms with van der Waals surface area (Å²) in [5.74, 6) is 0.200. The van der Waals surface area contributed by atoms with E-state index in [1.807, 2.05) is 0 Å². The molecule has 0 aliphatic carbocycles. The summed E-state index contributed by atoms with van der Waals surface area (Å²) in [5, 5.41) is 11.3. The first kappa shape index (κ1) is 10.9. The predicted molar refractivity (Wildman–Crippen MR) is 62.8 cm³/mol. The van der Waals surface area contributed by atoms with E-state index < -0.39 is 0 Å². The van der Waals surface area contributed by atoms with E-state index in [2.05, 4.69) is 30.7 Å². The number of aromatic nitrogens is 4. The van der Waals surface area contributed by atoms with Crippen LogP contribution in [0.15, 0.2) is 34.4 Å². The number of H-pyrrole nitrogens is 1. The lowest BCUT2D eigenvalue weighted by Gasteiger charge is -1.97. The molecule has 0 radical (unpaired) electrons. The minimum atomic E-state index is -0.290. The van der Waals surface area contributed by atoms with Crippen molar-refractivity contribution in [2.24, 2.45) is 5.10 Å². The Labute approximate surface area is 96.6 Å². The second kappa shape index (κ2) is 4.97. The van der Waals surface area contributed by atoms with Gasteiger partial charge < -0.3 is 0 Å². The van der Waals surface area contributed by atoms with Gasteiger partial charge in [0.05, 0.1) is 6.21 Å². The molecule has 0 amide bonds. The fourth-order valence-corrected chi connectivity index (χ4v) is 1.06. The first-order chi connectivity index (χ1) is 8.25. The number of pyridine rings is 1. The van der Waals surface area contributed by atoms with Crippen LogP contribution in [0.2, 0.25) is 0 Å². The van der Waals surface area contributed by atoms with Crippen molar-refractivity contribution in [2.75, 3.05) is 5.43 Å². The summed E-state index contributed by atoms with van der Waals surface area (Å²) in [5.41, 5.74) is 3.49. The minimum absolute atomic E-state index is 0.200. The number of rotatable bonds is 3. The number of hydrazone groups is 1. The molecule has 0 saturated carbocycles. The molecule has 0 fully saturated rings. The van der Waals surface area contributed by atoms with Gasteiger partial charge in [0.2, 0.25) is 5.95 Å². The van der Waals surface area contributed by atoms with Gasteiger partial charge in [-0.25, -0.2) is 5.43 Å². The molecule has 0 atom stereocenters. The Morgan fingerprint density at radius 1 is 1.35 bits per heavy atom. The second-order valence-corrected chi connectivity index (χ2v) is 3.24. The Morgan fingerprint density at radius 2 is 2.12 bits per heavy atom. The monoisotopic (exact) mass is 230 g/mol. The van der Waals surface area contributed by atoms with Crippen LogP contribution in [-0.4, -0.2) is 26.4 Å². The molecule has 2 N–H and O–H groups in total. The number of nitrogens with zero attached hydrogens (tertiary/aromatic N) is 4. The van der Waals surface area contributed by atoms with Crippen molar-refractivity contribution in [3.05, 3.63) is 46.1 Å². The second-order valence-electron chi connectivity index (χ2n) is 3.24. The maximum atomic E-state index is 11.2. The zero-order valence-corrected chi connectivity index (χ0v) is 9.08. The van der Waals surface area contributed by atoms with E-state index in [4.69, 9.17) is 0 Å². The fraction of sp³-hybridized carbons (Fsp3) is 0.100. The van der Waals surface area contributed by atoms with Gasteiger partial charge in [0.25, 0.3) is 5.56 Å². The number of hydrogen-bond donors (Lipinski definition) is 2. The largest absolute Gasteiger partial charge is 0.288 e. The van der Waals surface area contributed by atoms with Crippen LogP contribution in [0.3, 0.4) is 0 Å². The zero-order chi connectivity index (χ0) is 12.1. The Morgan fingerprint density at radius 3 is 2.82 bits per heavy atom. The average Bonchev–Trinajstić information content (AvgIpc) is 2.35. The Hall–Kier alpha value is -2.57. The molecule has 0 saturated heterocycles. The maximum absolute atomic E-state index is 11.2. The third-order valence-electron chi connectivity index (χ3n) is 1.95. The van der Waals surface area contributed by atoms with Crippen LogP contribution in [0.5, 0.6) is 0 Å². The standard InChI is InChI=1S/C10H10N6O/c1-7-9(17)13-10(16-14-7)15-12-6-8-2-4-11-5-3-8/h2-6H,1H3,(H2,13,15,16,17). The summed E-state index contributed by atoms with van der Waals surface area (Å²) in [6.07, 6.45) is 4.91. The zero-order valence-electron chi connectivity index (χ0n) is 9.08.